The predicted octanol–water partition coefficient (Wildman–Crippen LogP) is 3.10. The number of hydrogen-bond acceptors (Lipinski definition) is 6. The van der Waals surface area contributed by atoms with Crippen LogP contribution >= 0.6 is 23.5 Å². The largest absolute Gasteiger partial charge is 0.337 e. The summed E-state index contributed by atoms with van der Waals surface area (Å²) in [7, 11) is 1.97. The van der Waals surface area contributed by atoms with E-state index in [-0.39, 0.29) is 5.91 Å². The first-order valence-corrected chi connectivity index (χ1v) is 11.8. The summed E-state index contributed by atoms with van der Waals surface area (Å²) in [6.07, 6.45) is 2.80. The first-order chi connectivity index (χ1) is 14.1. The first kappa shape index (κ1) is 20.0. The van der Waals surface area contributed by atoms with Gasteiger partial charge >= 0.3 is 0 Å². The molecule has 0 fully saturated rings. The fourth-order valence-corrected chi connectivity index (χ4v) is 5.02. The maximum atomic E-state index is 12.9. The minimum atomic E-state index is 0.154. The van der Waals surface area contributed by atoms with Crippen molar-refractivity contribution in [2.75, 3.05) is 18.6 Å². The number of carbonyl (C=O) groups excluding carboxylic acids is 1. The lowest BCUT2D eigenvalue weighted by Crippen LogP contribution is -2.37. The fraction of sp³-hybridized carbons (Fsp3) is 0.400. The zero-order valence-corrected chi connectivity index (χ0v) is 18.5. The van der Waals surface area contributed by atoms with Gasteiger partial charge in [0.2, 0.25) is 5.91 Å². The molecule has 152 valence electrons. The topological polar surface area (TPSA) is 68.8 Å². The molecule has 0 atom stereocenters. The van der Waals surface area contributed by atoms with Crippen molar-refractivity contribution < 1.29 is 4.79 Å². The molecule has 7 nitrogen and oxygen atoms in total. The molecule has 3 aromatic rings. The molecule has 1 aliphatic rings. The van der Waals surface area contributed by atoms with Gasteiger partial charge in [-0.1, -0.05) is 30.0 Å². The average Bonchev–Trinajstić information content (AvgIpc) is 3.32. The van der Waals surface area contributed by atoms with Crippen molar-refractivity contribution in [3.8, 4) is 11.5 Å². The van der Waals surface area contributed by atoms with Crippen molar-refractivity contribution >= 4 is 29.4 Å². The Morgan fingerprint density at radius 2 is 2.00 bits per heavy atom. The summed E-state index contributed by atoms with van der Waals surface area (Å²) in [6, 6.07) is 10.0. The molecule has 0 unspecified atom stereocenters. The lowest BCUT2D eigenvalue weighted by atomic mass is 10.0. The summed E-state index contributed by atoms with van der Waals surface area (Å²) < 4.78 is 4.01. The summed E-state index contributed by atoms with van der Waals surface area (Å²) in [4.78, 5) is 15.9. The highest BCUT2D eigenvalue weighted by molar-refractivity contribution is 8.00. The maximum Gasteiger partial charge on any atom is 0.233 e. The quantitative estimate of drug-likeness (QED) is 0.562. The molecule has 2 aromatic heterocycles. The van der Waals surface area contributed by atoms with Gasteiger partial charge in [-0.3, -0.25) is 9.48 Å². The molecule has 0 saturated carbocycles. The molecule has 1 aliphatic heterocycles. The van der Waals surface area contributed by atoms with Gasteiger partial charge in [-0.05, 0) is 25.3 Å². The summed E-state index contributed by atoms with van der Waals surface area (Å²) >= 11 is 3.16. The highest BCUT2D eigenvalue weighted by atomic mass is 32.2. The average molecular weight is 429 g/mol. The highest BCUT2D eigenvalue weighted by Gasteiger charge is 2.29. The summed E-state index contributed by atoms with van der Waals surface area (Å²) in [5.74, 6) is 1.37. The molecule has 0 radical (unpaired) electrons. The van der Waals surface area contributed by atoms with E-state index in [2.05, 4.69) is 21.7 Å². The lowest BCUT2D eigenvalue weighted by molar-refractivity contribution is -0.129. The zero-order chi connectivity index (χ0) is 20.4. The first-order valence-electron chi connectivity index (χ1n) is 9.60. The Hall–Kier alpha value is -2.26. The van der Waals surface area contributed by atoms with Crippen LogP contribution in [0.4, 0.5) is 0 Å². The highest BCUT2D eigenvalue weighted by Crippen LogP contribution is 2.31. The third-order valence-electron chi connectivity index (χ3n) is 5.13. The predicted molar refractivity (Wildman–Crippen MR) is 116 cm³/mol. The molecule has 0 saturated heterocycles. The van der Waals surface area contributed by atoms with Gasteiger partial charge < -0.3 is 9.47 Å². The van der Waals surface area contributed by atoms with Crippen LogP contribution in [0.1, 0.15) is 18.2 Å². The van der Waals surface area contributed by atoms with E-state index in [1.807, 2.05) is 53.2 Å². The van der Waals surface area contributed by atoms with E-state index < -0.39 is 0 Å². The van der Waals surface area contributed by atoms with Gasteiger partial charge in [0.1, 0.15) is 5.69 Å². The molecular formula is C20H24N6OS2. The van der Waals surface area contributed by atoms with Crippen molar-refractivity contribution in [3.05, 3.63) is 41.6 Å². The van der Waals surface area contributed by atoms with Crippen molar-refractivity contribution in [1.82, 2.24) is 29.4 Å². The Morgan fingerprint density at radius 3 is 2.72 bits per heavy atom. The Balaban J connectivity index is 1.56. The SMILES string of the molecule is CCn1c(SC)nnc1-c1nn(C)c2c1CN(C(=O)CSc1ccccc1)CC2. The number of amides is 1. The monoisotopic (exact) mass is 428 g/mol. The molecule has 3 heterocycles. The summed E-state index contributed by atoms with van der Waals surface area (Å²) in [5, 5.41) is 14.3. The molecule has 1 amide bonds. The van der Waals surface area contributed by atoms with Gasteiger partial charge in [-0.25, -0.2) is 0 Å². The molecule has 0 spiro atoms. The minimum Gasteiger partial charge on any atom is -0.337 e. The molecule has 9 heteroatoms. The van der Waals surface area contributed by atoms with Crippen LogP contribution in [0.3, 0.4) is 0 Å². The number of thioether (sulfide) groups is 2. The Kier molecular flexibility index (Phi) is 5.96. The zero-order valence-electron chi connectivity index (χ0n) is 16.8. The second-order valence-electron chi connectivity index (χ2n) is 6.82. The van der Waals surface area contributed by atoms with E-state index in [9.17, 15) is 4.79 Å². The van der Waals surface area contributed by atoms with Crippen LogP contribution in [0.25, 0.3) is 11.5 Å². The fourth-order valence-electron chi connectivity index (χ4n) is 3.64. The summed E-state index contributed by atoms with van der Waals surface area (Å²) in [6.45, 7) is 4.15. The number of rotatable bonds is 6. The molecule has 0 bridgehead atoms. The van der Waals surface area contributed by atoms with Crippen LogP contribution in [0.5, 0.6) is 0 Å². The van der Waals surface area contributed by atoms with Gasteiger partial charge in [0, 0.05) is 49.3 Å². The Morgan fingerprint density at radius 1 is 1.21 bits per heavy atom. The van der Waals surface area contributed by atoms with E-state index in [0.717, 1.165) is 46.6 Å². The number of aromatic nitrogens is 5. The standard InChI is InChI=1S/C20H24N6OS2/c1-4-26-19(21-22-20(26)28-3)18-15-12-25(11-10-16(15)24(2)23-18)17(27)13-29-14-8-6-5-7-9-14/h5-9H,4,10-13H2,1-3H3. The van der Waals surface area contributed by atoms with Gasteiger partial charge in [0.15, 0.2) is 11.0 Å². The van der Waals surface area contributed by atoms with Crippen LogP contribution in [-0.2, 0) is 31.4 Å². The van der Waals surface area contributed by atoms with Crippen molar-refractivity contribution in [1.29, 1.82) is 0 Å². The Labute approximate surface area is 178 Å². The molecule has 0 aliphatic carbocycles. The van der Waals surface area contributed by atoms with Gasteiger partial charge in [-0.2, -0.15) is 5.10 Å². The van der Waals surface area contributed by atoms with Crippen LogP contribution in [0.2, 0.25) is 0 Å². The normalized spacial score (nSPS) is 13.6. The van der Waals surface area contributed by atoms with Crippen molar-refractivity contribution in [2.45, 2.75) is 36.5 Å². The lowest BCUT2D eigenvalue weighted by Gasteiger charge is -2.27. The van der Waals surface area contributed by atoms with Crippen LogP contribution in [0, 0.1) is 0 Å². The molecule has 0 N–H and O–H groups in total. The van der Waals surface area contributed by atoms with Gasteiger partial charge in [0.05, 0.1) is 5.75 Å². The van der Waals surface area contributed by atoms with E-state index >= 15 is 0 Å². The molecular weight excluding hydrogens is 404 g/mol. The van der Waals surface area contributed by atoms with Crippen LogP contribution < -0.4 is 0 Å². The van der Waals surface area contributed by atoms with Crippen LogP contribution in [-0.4, -0.2) is 53.9 Å². The molecule has 1 aromatic carbocycles. The molecule has 29 heavy (non-hydrogen) atoms. The smallest absolute Gasteiger partial charge is 0.233 e. The number of carbonyl (C=O) groups is 1. The van der Waals surface area contributed by atoms with E-state index in [1.54, 1.807) is 23.5 Å². The Bertz CT molecular complexity index is 1010. The molecule has 4 rings (SSSR count). The number of hydrogen-bond donors (Lipinski definition) is 0. The van der Waals surface area contributed by atoms with E-state index in [1.165, 1.54) is 5.69 Å². The number of benzene rings is 1. The van der Waals surface area contributed by atoms with E-state index in [4.69, 9.17) is 5.10 Å². The number of aryl methyl sites for hydroxylation is 1. The minimum absolute atomic E-state index is 0.154. The summed E-state index contributed by atoms with van der Waals surface area (Å²) in [5.41, 5.74) is 3.10. The third kappa shape index (κ3) is 3.93. The van der Waals surface area contributed by atoms with Crippen molar-refractivity contribution in [2.24, 2.45) is 7.05 Å². The third-order valence-corrected chi connectivity index (χ3v) is 6.79. The maximum absolute atomic E-state index is 12.9. The number of fused-ring (bicyclic) bond motifs is 1. The van der Waals surface area contributed by atoms with Gasteiger partial charge in [-0.15, -0.1) is 22.0 Å². The number of nitrogens with zero attached hydrogens (tertiary/aromatic N) is 6. The van der Waals surface area contributed by atoms with Crippen LogP contribution in [0.15, 0.2) is 40.4 Å². The van der Waals surface area contributed by atoms with Crippen molar-refractivity contribution in [3.63, 3.8) is 0 Å². The second-order valence-corrected chi connectivity index (χ2v) is 8.64. The van der Waals surface area contributed by atoms with E-state index in [0.29, 0.717) is 12.3 Å². The second kappa shape index (κ2) is 8.62. The van der Waals surface area contributed by atoms with Gasteiger partial charge in [0.25, 0.3) is 0 Å².